The second kappa shape index (κ2) is 5.55. The Bertz CT molecular complexity index is 864. The van der Waals surface area contributed by atoms with Crippen molar-refractivity contribution < 1.29 is 0 Å². The Balaban J connectivity index is 1.96. The summed E-state index contributed by atoms with van der Waals surface area (Å²) in [6.45, 7) is 0. The van der Waals surface area contributed by atoms with E-state index >= 15 is 0 Å². The van der Waals surface area contributed by atoms with E-state index in [0.717, 1.165) is 29.1 Å². The molecule has 0 aromatic carbocycles. The molecular formula is C14H6Br2N2S3. The van der Waals surface area contributed by atoms with E-state index in [4.69, 9.17) is 4.98 Å². The smallest absolute Gasteiger partial charge is 0.0905 e. The molecule has 0 radical (unpaired) electrons. The van der Waals surface area contributed by atoms with E-state index in [9.17, 15) is 0 Å². The third-order valence-electron chi connectivity index (χ3n) is 3.04. The molecule has 4 heterocycles. The molecule has 21 heavy (non-hydrogen) atoms. The van der Waals surface area contributed by atoms with Gasteiger partial charge in [0, 0.05) is 22.0 Å². The first-order chi connectivity index (χ1) is 10.2. The highest BCUT2D eigenvalue weighted by Crippen LogP contribution is 2.41. The van der Waals surface area contributed by atoms with Gasteiger partial charge in [-0.05, 0) is 67.7 Å². The van der Waals surface area contributed by atoms with Crippen LogP contribution in [0.4, 0.5) is 0 Å². The molecule has 0 unspecified atom stereocenters. The zero-order valence-electron chi connectivity index (χ0n) is 10.3. The third kappa shape index (κ3) is 2.51. The van der Waals surface area contributed by atoms with Gasteiger partial charge in [-0.2, -0.15) is 4.37 Å². The van der Waals surface area contributed by atoms with Gasteiger partial charge in [-0.3, -0.25) is 4.98 Å². The molecule has 2 nitrogen and oxygen atoms in total. The van der Waals surface area contributed by atoms with Gasteiger partial charge in [-0.25, -0.2) is 0 Å². The van der Waals surface area contributed by atoms with Crippen molar-refractivity contribution in [2.24, 2.45) is 0 Å². The maximum atomic E-state index is 4.70. The fraction of sp³-hybridized carbons (Fsp3) is 0. The van der Waals surface area contributed by atoms with Gasteiger partial charge >= 0.3 is 0 Å². The Morgan fingerprint density at radius 1 is 0.857 bits per heavy atom. The fourth-order valence-corrected chi connectivity index (χ4v) is 5.77. The second-order valence-corrected chi connectivity index (χ2v) is 10.0. The van der Waals surface area contributed by atoms with Crippen molar-refractivity contribution in [3.05, 3.63) is 44.2 Å². The van der Waals surface area contributed by atoms with Crippen molar-refractivity contribution in [3.8, 4) is 21.0 Å². The monoisotopic (exact) mass is 456 g/mol. The number of nitrogens with zero attached hydrogens (tertiary/aromatic N) is 2. The first-order valence-electron chi connectivity index (χ1n) is 5.97. The number of hydrogen-bond donors (Lipinski definition) is 0. The molecule has 0 aliphatic heterocycles. The van der Waals surface area contributed by atoms with Gasteiger partial charge < -0.3 is 0 Å². The van der Waals surface area contributed by atoms with Gasteiger partial charge in [0.1, 0.15) is 0 Å². The molecule has 0 atom stereocenters. The molecule has 0 aliphatic carbocycles. The summed E-state index contributed by atoms with van der Waals surface area (Å²) in [7, 11) is 0. The molecule has 4 rings (SSSR count). The molecule has 0 N–H and O–H groups in total. The average Bonchev–Trinajstić information content (AvgIpc) is 3.18. The van der Waals surface area contributed by atoms with E-state index in [1.807, 2.05) is 12.4 Å². The number of pyridine rings is 1. The summed E-state index contributed by atoms with van der Waals surface area (Å²) in [4.78, 5) is 7.06. The van der Waals surface area contributed by atoms with Gasteiger partial charge in [-0.1, -0.05) is 0 Å². The molecule has 7 heteroatoms. The Morgan fingerprint density at radius 3 is 2.24 bits per heavy atom. The molecule has 0 aliphatic rings. The molecule has 0 bridgehead atoms. The van der Waals surface area contributed by atoms with Crippen molar-refractivity contribution in [2.75, 3.05) is 0 Å². The highest BCUT2D eigenvalue weighted by atomic mass is 79.9. The maximum Gasteiger partial charge on any atom is 0.0905 e. The third-order valence-corrected chi connectivity index (χ3v) is 7.16. The topological polar surface area (TPSA) is 25.8 Å². The molecule has 0 fully saturated rings. The normalized spacial score (nSPS) is 11.3. The van der Waals surface area contributed by atoms with Gasteiger partial charge in [0.2, 0.25) is 0 Å². The lowest BCUT2D eigenvalue weighted by Crippen LogP contribution is -1.83. The highest BCUT2D eigenvalue weighted by Gasteiger charge is 2.15. The number of hydrogen-bond acceptors (Lipinski definition) is 5. The second-order valence-electron chi connectivity index (χ2n) is 4.30. The number of thiophene rings is 2. The summed E-state index contributed by atoms with van der Waals surface area (Å²) in [6, 6.07) is 8.33. The lowest BCUT2D eigenvalue weighted by atomic mass is 10.1. The first kappa shape index (κ1) is 14.0. The van der Waals surface area contributed by atoms with E-state index in [0.29, 0.717) is 0 Å². The lowest BCUT2D eigenvalue weighted by molar-refractivity contribution is 1.38. The van der Waals surface area contributed by atoms with Crippen molar-refractivity contribution in [1.82, 2.24) is 9.36 Å². The molecular weight excluding hydrogens is 452 g/mol. The molecule has 4 aromatic rings. The summed E-state index contributed by atoms with van der Waals surface area (Å²) in [5.41, 5.74) is 2.16. The Morgan fingerprint density at radius 2 is 1.57 bits per heavy atom. The fourth-order valence-electron chi connectivity index (χ4n) is 2.13. The van der Waals surface area contributed by atoms with Crippen LogP contribution in [0.2, 0.25) is 0 Å². The minimum absolute atomic E-state index is 1.01. The SMILES string of the molecule is Brc1ccc(-c2ncc(-c3ccc(Br)s3)c3sncc23)s1. The van der Waals surface area contributed by atoms with Crippen LogP contribution in [0.1, 0.15) is 0 Å². The summed E-state index contributed by atoms with van der Waals surface area (Å²) < 4.78 is 7.81. The van der Waals surface area contributed by atoms with Gasteiger partial charge in [0.25, 0.3) is 0 Å². The highest BCUT2D eigenvalue weighted by molar-refractivity contribution is 9.11. The predicted octanol–water partition coefficient (Wildman–Crippen LogP) is 6.67. The van der Waals surface area contributed by atoms with E-state index in [1.165, 1.54) is 21.1 Å². The molecule has 0 saturated heterocycles. The lowest BCUT2D eigenvalue weighted by Gasteiger charge is -2.03. The van der Waals surface area contributed by atoms with Crippen molar-refractivity contribution in [2.45, 2.75) is 0 Å². The molecule has 0 saturated carbocycles. The summed E-state index contributed by atoms with van der Waals surface area (Å²) in [6.07, 6.45) is 3.88. The van der Waals surface area contributed by atoms with Crippen LogP contribution in [-0.2, 0) is 0 Å². The van der Waals surface area contributed by atoms with E-state index in [-0.39, 0.29) is 0 Å². The van der Waals surface area contributed by atoms with E-state index in [2.05, 4.69) is 60.5 Å². The first-order valence-corrected chi connectivity index (χ1v) is 9.96. The summed E-state index contributed by atoms with van der Waals surface area (Å²) >= 11 is 12.0. The van der Waals surface area contributed by atoms with Crippen LogP contribution in [0.25, 0.3) is 31.1 Å². The minimum atomic E-state index is 1.01. The molecule has 0 spiro atoms. The standard InChI is InChI=1S/C14H6Br2N2S3/c15-11-3-1-9(19-11)7-5-17-13(8-6-18-21-14(7)8)10-2-4-12(16)20-10/h1-6H. The quantitative estimate of drug-likeness (QED) is 0.335. The Labute approximate surface area is 149 Å². The van der Waals surface area contributed by atoms with Gasteiger partial charge in [-0.15, -0.1) is 22.7 Å². The minimum Gasteiger partial charge on any atom is -0.254 e. The summed E-state index contributed by atoms with van der Waals surface area (Å²) in [5, 5.41) is 1.12. The largest absolute Gasteiger partial charge is 0.254 e. The number of fused-ring (bicyclic) bond motifs is 1. The number of rotatable bonds is 2. The van der Waals surface area contributed by atoms with Crippen molar-refractivity contribution in [3.63, 3.8) is 0 Å². The predicted molar refractivity (Wildman–Crippen MR) is 99.4 cm³/mol. The maximum absolute atomic E-state index is 4.70. The molecule has 104 valence electrons. The van der Waals surface area contributed by atoms with Crippen molar-refractivity contribution in [1.29, 1.82) is 0 Å². The Hall–Kier alpha value is -0.600. The zero-order valence-corrected chi connectivity index (χ0v) is 16.0. The number of halogens is 2. The summed E-state index contributed by atoms with van der Waals surface area (Å²) in [5.74, 6) is 0. The van der Waals surface area contributed by atoms with Crippen LogP contribution in [0.3, 0.4) is 0 Å². The zero-order chi connectivity index (χ0) is 14.4. The van der Waals surface area contributed by atoms with Crippen LogP contribution in [0.15, 0.2) is 44.2 Å². The molecule has 4 aromatic heterocycles. The van der Waals surface area contributed by atoms with Crippen LogP contribution < -0.4 is 0 Å². The van der Waals surface area contributed by atoms with Crippen molar-refractivity contribution >= 4 is 76.2 Å². The van der Waals surface area contributed by atoms with Crippen LogP contribution in [0, 0.1) is 0 Å². The van der Waals surface area contributed by atoms with Crippen LogP contribution in [0.5, 0.6) is 0 Å². The van der Waals surface area contributed by atoms with Gasteiger partial charge in [0.15, 0.2) is 0 Å². The van der Waals surface area contributed by atoms with Crippen LogP contribution in [-0.4, -0.2) is 9.36 Å². The number of aromatic nitrogens is 2. The van der Waals surface area contributed by atoms with Crippen LogP contribution >= 0.6 is 66.1 Å². The molecule has 0 amide bonds. The van der Waals surface area contributed by atoms with E-state index < -0.39 is 0 Å². The average molecular weight is 458 g/mol. The van der Waals surface area contributed by atoms with Gasteiger partial charge in [0.05, 0.1) is 29.0 Å². The Kier molecular flexibility index (Phi) is 3.71. The van der Waals surface area contributed by atoms with E-state index in [1.54, 1.807) is 22.7 Å².